The second-order valence-corrected chi connectivity index (χ2v) is 5.24. The first kappa shape index (κ1) is 15.7. The highest BCUT2D eigenvalue weighted by Gasteiger charge is 2.08. The maximum Gasteiger partial charge on any atom is 0.319 e. The van der Waals surface area contributed by atoms with Gasteiger partial charge in [-0.15, -0.1) is 0 Å². The lowest BCUT2D eigenvalue weighted by molar-refractivity contribution is 0.252. The Labute approximate surface area is 139 Å². The number of halogens is 1. The van der Waals surface area contributed by atoms with Gasteiger partial charge in [-0.3, -0.25) is 4.98 Å². The van der Waals surface area contributed by atoms with Gasteiger partial charge in [0.25, 0.3) is 0 Å². The highest BCUT2D eigenvalue weighted by atomic mass is 19.1. The number of carbonyl (C=O) groups is 1. The quantitative estimate of drug-likeness (QED) is 0.756. The summed E-state index contributed by atoms with van der Waals surface area (Å²) in [4.78, 5) is 15.9. The molecule has 0 bridgehead atoms. The molecule has 0 saturated carbocycles. The van der Waals surface area contributed by atoms with E-state index in [2.05, 4.69) is 15.6 Å². The number of rotatable bonds is 5. The van der Waals surface area contributed by atoms with E-state index in [1.807, 2.05) is 41.2 Å². The summed E-state index contributed by atoms with van der Waals surface area (Å²) in [5, 5.41) is 5.27. The molecule has 2 N–H and O–H groups in total. The fourth-order valence-electron chi connectivity index (χ4n) is 2.31. The molecule has 0 radical (unpaired) electrons. The molecule has 6 heteroatoms. The number of amides is 2. The van der Waals surface area contributed by atoms with E-state index in [0.29, 0.717) is 13.0 Å². The molecule has 0 unspecified atom stereocenters. The largest absolute Gasteiger partial charge is 0.338 e. The van der Waals surface area contributed by atoms with Crippen LogP contribution in [0.5, 0.6) is 0 Å². The zero-order chi connectivity index (χ0) is 16.8. The van der Waals surface area contributed by atoms with Crippen molar-refractivity contribution in [3.63, 3.8) is 0 Å². The van der Waals surface area contributed by atoms with Gasteiger partial charge in [0.2, 0.25) is 0 Å². The Bertz CT molecular complexity index is 803. The van der Waals surface area contributed by atoms with Crippen LogP contribution in [0.25, 0.3) is 5.69 Å². The molecule has 24 heavy (non-hydrogen) atoms. The van der Waals surface area contributed by atoms with Gasteiger partial charge in [-0.1, -0.05) is 0 Å². The topological polar surface area (TPSA) is 59.0 Å². The summed E-state index contributed by atoms with van der Waals surface area (Å²) >= 11 is 0. The monoisotopic (exact) mass is 324 g/mol. The van der Waals surface area contributed by atoms with Crippen LogP contribution in [-0.2, 0) is 6.42 Å². The van der Waals surface area contributed by atoms with E-state index in [0.717, 1.165) is 11.3 Å². The van der Waals surface area contributed by atoms with Crippen molar-refractivity contribution in [2.45, 2.75) is 6.42 Å². The van der Waals surface area contributed by atoms with E-state index in [-0.39, 0.29) is 5.69 Å². The molecule has 0 aliphatic rings. The zero-order valence-electron chi connectivity index (χ0n) is 12.9. The third-order valence-corrected chi connectivity index (χ3v) is 3.55. The average molecular weight is 324 g/mol. The lowest BCUT2D eigenvalue weighted by atomic mass is 10.2. The van der Waals surface area contributed by atoms with Gasteiger partial charge in [0.1, 0.15) is 5.82 Å². The molecule has 0 atom stereocenters. The number of pyridine rings is 1. The number of carbonyl (C=O) groups excluding carboxylic acids is 1. The molecule has 0 fully saturated rings. The molecule has 0 aliphatic carbocycles. The molecule has 0 aliphatic heterocycles. The van der Waals surface area contributed by atoms with E-state index in [1.54, 1.807) is 24.5 Å². The Balaban J connectivity index is 1.59. The van der Waals surface area contributed by atoms with Crippen molar-refractivity contribution in [3.05, 3.63) is 78.6 Å². The van der Waals surface area contributed by atoms with Crippen LogP contribution < -0.4 is 10.6 Å². The Hall–Kier alpha value is -3.15. The molecule has 0 saturated heterocycles. The minimum absolute atomic E-state index is 0.141. The molecule has 3 aromatic rings. The van der Waals surface area contributed by atoms with Crippen molar-refractivity contribution in [3.8, 4) is 5.69 Å². The third-order valence-electron chi connectivity index (χ3n) is 3.55. The fourth-order valence-corrected chi connectivity index (χ4v) is 2.31. The van der Waals surface area contributed by atoms with Crippen LogP contribution in [-0.4, -0.2) is 22.1 Å². The Kier molecular flexibility index (Phi) is 4.86. The first-order chi connectivity index (χ1) is 11.7. The normalized spacial score (nSPS) is 10.4. The Morgan fingerprint density at radius 3 is 2.62 bits per heavy atom. The molecular formula is C18H17FN4O. The first-order valence-corrected chi connectivity index (χ1v) is 7.59. The van der Waals surface area contributed by atoms with E-state index in [9.17, 15) is 9.18 Å². The fraction of sp³-hybridized carbons (Fsp3) is 0.111. The van der Waals surface area contributed by atoms with Gasteiger partial charge in [0, 0.05) is 37.0 Å². The van der Waals surface area contributed by atoms with Crippen LogP contribution in [0.2, 0.25) is 0 Å². The van der Waals surface area contributed by atoms with Gasteiger partial charge < -0.3 is 15.2 Å². The van der Waals surface area contributed by atoms with Gasteiger partial charge >= 0.3 is 6.03 Å². The van der Waals surface area contributed by atoms with Crippen LogP contribution in [0.4, 0.5) is 14.9 Å². The van der Waals surface area contributed by atoms with Crippen molar-refractivity contribution in [2.24, 2.45) is 0 Å². The molecule has 122 valence electrons. The molecule has 3 rings (SSSR count). The summed E-state index contributed by atoms with van der Waals surface area (Å²) in [5.41, 5.74) is 1.99. The summed E-state index contributed by atoms with van der Waals surface area (Å²) in [6.07, 6.45) is 7.80. The maximum atomic E-state index is 13.9. The summed E-state index contributed by atoms with van der Waals surface area (Å²) < 4.78 is 15.7. The highest BCUT2D eigenvalue weighted by Crippen LogP contribution is 2.19. The smallest absolute Gasteiger partial charge is 0.319 e. The van der Waals surface area contributed by atoms with Crippen LogP contribution in [0.3, 0.4) is 0 Å². The zero-order valence-corrected chi connectivity index (χ0v) is 12.9. The summed E-state index contributed by atoms with van der Waals surface area (Å²) in [6.45, 7) is 0.453. The molecule has 0 spiro atoms. The minimum Gasteiger partial charge on any atom is -0.338 e. The van der Waals surface area contributed by atoms with Gasteiger partial charge in [0.15, 0.2) is 0 Å². The van der Waals surface area contributed by atoms with Crippen molar-refractivity contribution < 1.29 is 9.18 Å². The molecule has 1 aromatic carbocycles. The third kappa shape index (κ3) is 3.98. The highest BCUT2D eigenvalue weighted by molar-refractivity contribution is 5.89. The standard InChI is InChI=1S/C18H17FN4O/c19-16-4-3-15(23-11-1-2-12-23)13-17(16)22-18(24)21-10-7-14-5-8-20-9-6-14/h1-6,8-9,11-13H,7,10H2,(H2,21,22,24). The maximum absolute atomic E-state index is 13.9. The van der Waals surface area contributed by atoms with Crippen LogP contribution in [0.15, 0.2) is 67.3 Å². The second kappa shape index (κ2) is 7.41. The SMILES string of the molecule is O=C(NCCc1ccncc1)Nc1cc(-n2cccc2)ccc1F. The number of anilines is 1. The molecule has 2 heterocycles. The lowest BCUT2D eigenvalue weighted by Gasteiger charge is -2.11. The van der Waals surface area contributed by atoms with Crippen molar-refractivity contribution >= 4 is 11.7 Å². The Morgan fingerprint density at radius 2 is 1.88 bits per heavy atom. The predicted octanol–water partition coefficient (Wildman–Crippen LogP) is 3.38. The van der Waals surface area contributed by atoms with Crippen LogP contribution in [0, 0.1) is 5.82 Å². The van der Waals surface area contributed by atoms with E-state index < -0.39 is 11.8 Å². The van der Waals surface area contributed by atoms with Crippen LogP contribution in [0.1, 0.15) is 5.56 Å². The minimum atomic E-state index is -0.477. The molecular weight excluding hydrogens is 307 g/mol. The summed E-state index contributed by atoms with van der Waals surface area (Å²) in [7, 11) is 0. The Morgan fingerprint density at radius 1 is 1.12 bits per heavy atom. The van der Waals surface area contributed by atoms with Gasteiger partial charge in [-0.2, -0.15) is 0 Å². The van der Waals surface area contributed by atoms with E-state index in [4.69, 9.17) is 0 Å². The summed E-state index contributed by atoms with van der Waals surface area (Å²) in [6, 6.07) is 11.7. The second-order valence-electron chi connectivity index (χ2n) is 5.24. The first-order valence-electron chi connectivity index (χ1n) is 7.59. The average Bonchev–Trinajstić information content (AvgIpc) is 3.12. The molecule has 2 aromatic heterocycles. The van der Waals surface area contributed by atoms with Crippen molar-refractivity contribution in [1.82, 2.24) is 14.9 Å². The number of urea groups is 1. The van der Waals surface area contributed by atoms with Crippen LogP contribution >= 0.6 is 0 Å². The number of benzene rings is 1. The lowest BCUT2D eigenvalue weighted by Crippen LogP contribution is -2.30. The number of hydrogen-bond donors (Lipinski definition) is 2. The molecule has 5 nitrogen and oxygen atoms in total. The number of nitrogens with one attached hydrogen (secondary N) is 2. The van der Waals surface area contributed by atoms with Gasteiger partial charge in [-0.05, 0) is 54.4 Å². The predicted molar refractivity (Wildman–Crippen MR) is 90.7 cm³/mol. The summed E-state index contributed by atoms with van der Waals surface area (Å²) in [5.74, 6) is -0.477. The van der Waals surface area contributed by atoms with E-state index >= 15 is 0 Å². The van der Waals surface area contributed by atoms with Crippen molar-refractivity contribution in [2.75, 3.05) is 11.9 Å². The van der Waals surface area contributed by atoms with Gasteiger partial charge in [-0.25, -0.2) is 9.18 Å². The van der Waals surface area contributed by atoms with E-state index in [1.165, 1.54) is 6.07 Å². The number of nitrogens with zero attached hydrogens (tertiary/aromatic N) is 2. The van der Waals surface area contributed by atoms with Crippen molar-refractivity contribution in [1.29, 1.82) is 0 Å². The molecule has 2 amide bonds. The number of aromatic nitrogens is 2. The van der Waals surface area contributed by atoms with Gasteiger partial charge in [0.05, 0.1) is 5.69 Å². The number of hydrogen-bond acceptors (Lipinski definition) is 2.